The number of rotatable bonds is 6. The second kappa shape index (κ2) is 7.94. The van der Waals surface area contributed by atoms with Crippen LogP contribution < -0.4 is 21.1 Å². The second-order valence-electron chi connectivity index (χ2n) is 6.22. The number of carbonyl (C=O) groups excluding carboxylic acids is 1. The average molecular weight is 357 g/mol. The van der Waals surface area contributed by atoms with Crippen molar-refractivity contribution in [2.24, 2.45) is 7.05 Å². The quantitative estimate of drug-likeness (QED) is 0.717. The molecular formula is C17H23N7O2. The highest BCUT2D eigenvalue weighted by atomic mass is 16.2. The summed E-state index contributed by atoms with van der Waals surface area (Å²) in [5.74, 6) is 2.08. The van der Waals surface area contributed by atoms with Crippen molar-refractivity contribution >= 4 is 17.5 Å². The van der Waals surface area contributed by atoms with E-state index in [1.165, 1.54) is 32.0 Å². The molecule has 1 amide bonds. The number of aryl methyl sites for hydroxylation is 2. The zero-order valence-corrected chi connectivity index (χ0v) is 15.0. The van der Waals surface area contributed by atoms with E-state index in [2.05, 4.69) is 30.6 Å². The lowest BCUT2D eigenvalue weighted by Gasteiger charge is -2.17. The summed E-state index contributed by atoms with van der Waals surface area (Å²) < 4.78 is 1.14. The first kappa shape index (κ1) is 17.8. The van der Waals surface area contributed by atoms with E-state index in [9.17, 15) is 9.59 Å². The molecule has 0 atom stereocenters. The van der Waals surface area contributed by atoms with Crippen molar-refractivity contribution in [1.29, 1.82) is 0 Å². The van der Waals surface area contributed by atoms with E-state index in [0.29, 0.717) is 13.1 Å². The molecule has 1 aliphatic rings. The summed E-state index contributed by atoms with van der Waals surface area (Å²) in [7, 11) is 1.51. The molecule has 0 saturated carbocycles. The molecular weight excluding hydrogens is 334 g/mol. The van der Waals surface area contributed by atoms with Gasteiger partial charge in [-0.3, -0.25) is 9.59 Å². The normalized spacial score (nSPS) is 13.7. The van der Waals surface area contributed by atoms with Crippen molar-refractivity contribution in [3.63, 3.8) is 0 Å². The maximum Gasteiger partial charge on any atom is 0.271 e. The SMILES string of the molecule is Cc1nc(NCCNC(=O)c2ccc(=O)n(C)n2)cc(N2CCCC2)n1. The smallest absolute Gasteiger partial charge is 0.271 e. The van der Waals surface area contributed by atoms with E-state index in [-0.39, 0.29) is 17.2 Å². The van der Waals surface area contributed by atoms with Crippen molar-refractivity contribution in [2.75, 3.05) is 36.4 Å². The van der Waals surface area contributed by atoms with E-state index in [0.717, 1.165) is 35.2 Å². The van der Waals surface area contributed by atoms with Crippen LogP contribution in [-0.4, -0.2) is 51.8 Å². The summed E-state index contributed by atoms with van der Waals surface area (Å²) in [4.78, 5) is 34.5. The standard InChI is InChI=1S/C17H23N7O2/c1-12-20-14(11-15(21-12)24-9-3-4-10-24)18-7-8-19-17(26)13-5-6-16(25)23(2)22-13/h5-6,11H,3-4,7-10H2,1-2H3,(H,19,26)(H,18,20,21). The average Bonchev–Trinajstić information content (AvgIpc) is 3.15. The third-order valence-electron chi connectivity index (χ3n) is 4.16. The predicted octanol–water partition coefficient (Wildman–Crippen LogP) is 0.321. The Morgan fingerprint density at radius 2 is 1.96 bits per heavy atom. The molecule has 0 aliphatic carbocycles. The van der Waals surface area contributed by atoms with Crippen molar-refractivity contribution in [3.8, 4) is 0 Å². The topological polar surface area (TPSA) is 105 Å². The van der Waals surface area contributed by atoms with Gasteiger partial charge >= 0.3 is 0 Å². The Hall–Kier alpha value is -2.97. The molecule has 1 aliphatic heterocycles. The lowest BCUT2D eigenvalue weighted by atomic mass is 10.3. The Balaban J connectivity index is 1.52. The maximum absolute atomic E-state index is 12.1. The minimum absolute atomic E-state index is 0.210. The first-order valence-corrected chi connectivity index (χ1v) is 8.70. The molecule has 138 valence electrons. The van der Waals surface area contributed by atoms with E-state index < -0.39 is 0 Å². The summed E-state index contributed by atoms with van der Waals surface area (Å²) in [6, 6.07) is 4.68. The second-order valence-corrected chi connectivity index (χ2v) is 6.22. The van der Waals surface area contributed by atoms with Gasteiger partial charge in [-0.1, -0.05) is 0 Å². The van der Waals surface area contributed by atoms with Gasteiger partial charge in [-0.2, -0.15) is 5.10 Å². The molecule has 0 radical (unpaired) electrons. The lowest BCUT2D eigenvalue weighted by Crippen LogP contribution is -2.31. The van der Waals surface area contributed by atoms with Crippen LogP contribution in [0.3, 0.4) is 0 Å². The van der Waals surface area contributed by atoms with Crippen LogP contribution in [0.5, 0.6) is 0 Å². The highest BCUT2D eigenvalue weighted by Crippen LogP contribution is 2.20. The van der Waals surface area contributed by atoms with Crippen molar-refractivity contribution < 1.29 is 4.79 Å². The number of aromatic nitrogens is 4. The van der Waals surface area contributed by atoms with Gasteiger partial charge in [-0.25, -0.2) is 14.6 Å². The van der Waals surface area contributed by atoms with Gasteiger partial charge in [0.2, 0.25) is 0 Å². The van der Waals surface area contributed by atoms with Crippen molar-refractivity contribution in [2.45, 2.75) is 19.8 Å². The first-order valence-electron chi connectivity index (χ1n) is 8.70. The van der Waals surface area contributed by atoms with Crippen LogP contribution >= 0.6 is 0 Å². The number of amides is 1. The Morgan fingerprint density at radius 3 is 2.69 bits per heavy atom. The molecule has 3 heterocycles. The summed E-state index contributed by atoms with van der Waals surface area (Å²) in [6.07, 6.45) is 2.38. The Labute approximate surface area is 151 Å². The third kappa shape index (κ3) is 4.35. The monoisotopic (exact) mass is 357 g/mol. The van der Waals surface area contributed by atoms with Crippen LogP contribution in [0.4, 0.5) is 11.6 Å². The molecule has 0 spiro atoms. The Kier molecular flexibility index (Phi) is 5.45. The number of nitrogens with zero attached hydrogens (tertiary/aromatic N) is 5. The van der Waals surface area contributed by atoms with E-state index in [1.807, 2.05) is 13.0 Å². The molecule has 26 heavy (non-hydrogen) atoms. The van der Waals surface area contributed by atoms with Gasteiger partial charge in [0.25, 0.3) is 11.5 Å². The number of nitrogens with one attached hydrogen (secondary N) is 2. The molecule has 9 nitrogen and oxygen atoms in total. The largest absolute Gasteiger partial charge is 0.368 e. The summed E-state index contributed by atoms with van der Waals surface area (Å²) in [5.41, 5.74) is -0.0440. The van der Waals surface area contributed by atoms with Crippen LogP contribution in [0.2, 0.25) is 0 Å². The predicted molar refractivity (Wildman–Crippen MR) is 98.5 cm³/mol. The van der Waals surface area contributed by atoms with Gasteiger partial charge in [0, 0.05) is 45.4 Å². The van der Waals surface area contributed by atoms with Gasteiger partial charge in [0.05, 0.1) is 0 Å². The first-order chi connectivity index (χ1) is 12.5. The number of anilines is 2. The zero-order valence-electron chi connectivity index (χ0n) is 15.0. The maximum atomic E-state index is 12.1. The fourth-order valence-electron chi connectivity index (χ4n) is 2.83. The van der Waals surface area contributed by atoms with E-state index >= 15 is 0 Å². The third-order valence-corrected chi connectivity index (χ3v) is 4.16. The molecule has 9 heteroatoms. The molecule has 3 rings (SSSR count). The molecule has 0 aromatic carbocycles. The molecule has 2 aromatic rings. The molecule has 2 aromatic heterocycles. The number of hydrogen-bond acceptors (Lipinski definition) is 7. The van der Waals surface area contributed by atoms with Gasteiger partial charge in [0.15, 0.2) is 0 Å². The minimum atomic E-state index is -0.320. The Bertz CT molecular complexity index is 843. The summed E-state index contributed by atoms with van der Waals surface area (Å²) in [6.45, 7) is 4.85. The highest BCUT2D eigenvalue weighted by molar-refractivity contribution is 5.91. The molecule has 1 fully saturated rings. The summed E-state index contributed by atoms with van der Waals surface area (Å²) >= 11 is 0. The van der Waals surface area contributed by atoms with Crippen LogP contribution in [0.15, 0.2) is 23.0 Å². The molecule has 2 N–H and O–H groups in total. The van der Waals surface area contributed by atoms with Gasteiger partial charge in [-0.05, 0) is 25.8 Å². The van der Waals surface area contributed by atoms with Crippen LogP contribution in [0, 0.1) is 6.92 Å². The van der Waals surface area contributed by atoms with Crippen LogP contribution in [-0.2, 0) is 7.05 Å². The highest BCUT2D eigenvalue weighted by Gasteiger charge is 2.15. The van der Waals surface area contributed by atoms with Gasteiger partial charge < -0.3 is 15.5 Å². The summed E-state index contributed by atoms with van der Waals surface area (Å²) in [5, 5.41) is 9.90. The fourth-order valence-corrected chi connectivity index (χ4v) is 2.83. The van der Waals surface area contributed by atoms with Crippen LogP contribution in [0.1, 0.15) is 29.2 Å². The number of carbonyl (C=O) groups is 1. The fraction of sp³-hybridized carbons (Fsp3) is 0.471. The van der Waals surface area contributed by atoms with Crippen molar-refractivity contribution in [1.82, 2.24) is 25.1 Å². The number of hydrogen-bond donors (Lipinski definition) is 2. The lowest BCUT2D eigenvalue weighted by molar-refractivity contribution is 0.0948. The van der Waals surface area contributed by atoms with Gasteiger partial charge in [0.1, 0.15) is 23.2 Å². The van der Waals surface area contributed by atoms with E-state index in [4.69, 9.17) is 0 Å². The zero-order chi connectivity index (χ0) is 18.5. The van der Waals surface area contributed by atoms with E-state index in [1.54, 1.807) is 0 Å². The van der Waals surface area contributed by atoms with Gasteiger partial charge in [-0.15, -0.1) is 0 Å². The minimum Gasteiger partial charge on any atom is -0.368 e. The van der Waals surface area contributed by atoms with Crippen molar-refractivity contribution in [3.05, 3.63) is 40.1 Å². The molecule has 0 bridgehead atoms. The molecule has 1 saturated heterocycles. The molecule has 0 unspecified atom stereocenters. The Morgan fingerprint density at radius 1 is 1.19 bits per heavy atom. The van der Waals surface area contributed by atoms with Crippen LogP contribution in [0.25, 0.3) is 0 Å².